The third-order valence-electron chi connectivity index (χ3n) is 1.05. The molecular formula is C6H9F3O3. The fourth-order valence-electron chi connectivity index (χ4n) is 0.566. The van der Waals surface area contributed by atoms with Gasteiger partial charge in [-0.3, -0.25) is 9.53 Å². The Morgan fingerprint density at radius 3 is 2.33 bits per heavy atom. The van der Waals surface area contributed by atoms with Gasteiger partial charge in [0.2, 0.25) is 0 Å². The van der Waals surface area contributed by atoms with Crippen molar-refractivity contribution in [3.63, 3.8) is 0 Å². The van der Waals surface area contributed by atoms with E-state index in [4.69, 9.17) is 5.11 Å². The predicted octanol–water partition coefficient (Wildman–Crippen LogP) is 1.78. The molecule has 0 aromatic heterocycles. The summed E-state index contributed by atoms with van der Waals surface area (Å²) in [6.45, 7) is -0.475. The molecule has 0 radical (unpaired) electrons. The number of rotatable bonds is 5. The average molecular weight is 186 g/mol. The molecule has 12 heavy (non-hydrogen) atoms. The molecule has 0 heterocycles. The van der Waals surface area contributed by atoms with Crippen LogP contribution in [0.4, 0.5) is 13.2 Å². The third kappa shape index (κ3) is 9.22. The topological polar surface area (TPSA) is 46.5 Å². The van der Waals surface area contributed by atoms with Crippen LogP contribution in [-0.2, 0) is 9.53 Å². The second kappa shape index (κ2) is 4.97. The van der Waals surface area contributed by atoms with Crippen molar-refractivity contribution in [2.45, 2.75) is 25.6 Å². The molecule has 0 fully saturated rings. The standard InChI is InChI=1S/C6H9F3O3/c7-6(8,9)12-4-2-1-3-5(10)11/h1-4H2,(H,10,11). The van der Waals surface area contributed by atoms with Crippen LogP contribution in [-0.4, -0.2) is 24.0 Å². The summed E-state index contributed by atoms with van der Waals surface area (Å²) in [7, 11) is 0. The van der Waals surface area contributed by atoms with E-state index in [2.05, 4.69) is 4.74 Å². The van der Waals surface area contributed by atoms with E-state index in [0.717, 1.165) is 0 Å². The Balaban J connectivity index is 3.17. The van der Waals surface area contributed by atoms with Crippen LogP contribution in [0.5, 0.6) is 0 Å². The highest BCUT2D eigenvalue weighted by atomic mass is 19.4. The summed E-state index contributed by atoms with van der Waals surface area (Å²) in [4.78, 5) is 9.90. The maximum atomic E-state index is 11.3. The van der Waals surface area contributed by atoms with Crippen molar-refractivity contribution in [1.29, 1.82) is 0 Å². The molecule has 0 aromatic rings. The van der Waals surface area contributed by atoms with Crippen molar-refractivity contribution in [2.24, 2.45) is 0 Å². The van der Waals surface area contributed by atoms with Gasteiger partial charge in [-0.05, 0) is 12.8 Å². The molecule has 3 nitrogen and oxygen atoms in total. The minimum atomic E-state index is -4.61. The van der Waals surface area contributed by atoms with Gasteiger partial charge in [0.05, 0.1) is 6.61 Å². The Morgan fingerprint density at radius 2 is 1.92 bits per heavy atom. The predicted molar refractivity (Wildman–Crippen MR) is 33.5 cm³/mol. The molecule has 72 valence electrons. The number of aliphatic carboxylic acids is 1. The zero-order valence-electron chi connectivity index (χ0n) is 6.23. The molecule has 0 amide bonds. The van der Waals surface area contributed by atoms with Crippen LogP contribution >= 0.6 is 0 Å². The van der Waals surface area contributed by atoms with E-state index in [1.165, 1.54) is 0 Å². The first kappa shape index (κ1) is 11.2. The molecule has 0 spiro atoms. The summed E-state index contributed by atoms with van der Waals surface area (Å²) >= 11 is 0. The number of alkyl halides is 3. The first-order valence-electron chi connectivity index (χ1n) is 3.34. The molecule has 0 bridgehead atoms. The first-order chi connectivity index (χ1) is 5.42. The van der Waals surface area contributed by atoms with Gasteiger partial charge >= 0.3 is 12.3 Å². The van der Waals surface area contributed by atoms with Gasteiger partial charge in [0, 0.05) is 6.42 Å². The van der Waals surface area contributed by atoms with Gasteiger partial charge < -0.3 is 5.11 Å². The highest BCUT2D eigenvalue weighted by molar-refractivity contribution is 5.66. The summed E-state index contributed by atoms with van der Waals surface area (Å²) < 4.78 is 37.3. The number of carbonyl (C=O) groups is 1. The molecule has 0 saturated heterocycles. The number of hydrogen-bond acceptors (Lipinski definition) is 2. The van der Waals surface area contributed by atoms with Crippen LogP contribution < -0.4 is 0 Å². The number of halogens is 3. The smallest absolute Gasteiger partial charge is 0.481 e. The number of unbranched alkanes of at least 4 members (excludes halogenated alkanes) is 1. The monoisotopic (exact) mass is 186 g/mol. The molecule has 0 atom stereocenters. The molecule has 0 rings (SSSR count). The minimum absolute atomic E-state index is 0.103. The van der Waals surface area contributed by atoms with E-state index in [1.54, 1.807) is 0 Å². The maximum absolute atomic E-state index is 11.3. The van der Waals surface area contributed by atoms with E-state index in [0.29, 0.717) is 0 Å². The molecule has 0 unspecified atom stereocenters. The zero-order valence-corrected chi connectivity index (χ0v) is 6.23. The molecule has 0 aromatic carbocycles. The molecule has 0 saturated carbocycles. The van der Waals surface area contributed by atoms with Gasteiger partial charge in [0.1, 0.15) is 0 Å². The van der Waals surface area contributed by atoms with Gasteiger partial charge in [-0.1, -0.05) is 0 Å². The third-order valence-corrected chi connectivity index (χ3v) is 1.05. The Bertz CT molecular complexity index is 143. The van der Waals surface area contributed by atoms with Gasteiger partial charge in [0.25, 0.3) is 0 Å². The highest BCUT2D eigenvalue weighted by Gasteiger charge is 2.28. The Labute approximate surface area is 67.1 Å². The number of ether oxygens (including phenoxy) is 1. The van der Waals surface area contributed by atoms with Gasteiger partial charge in [-0.15, -0.1) is 13.2 Å². The highest BCUT2D eigenvalue weighted by Crippen LogP contribution is 2.16. The van der Waals surface area contributed by atoms with Gasteiger partial charge in [-0.25, -0.2) is 0 Å². The summed E-state index contributed by atoms with van der Waals surface area (Å²) in [6, 6.07) is 0. The van der Waals surface area contributed by atoms with E-state index in [9.17, 15) is 18.0 Å². The Hall–Kier alpha value is -0.780. The van der Waals surface area contributed by atoms with Gasteiger partial charge in [0.15, 0.2) is 0 Å². The normalized spacial score (nSPS) is 11.6. The lowest BCUT2D eigenvalue weighted by molar-refractivity contribution is -0.324. The maximum Gasteiger partial charge on any atom is 0.522 e. The van der Waals surface area contributed by atoms with E-state index in [-0.39, 0.29) is 19.3 Å². The van der Waals surface area contributed by atoms with Crippen molar-refractivity contribution in [1.82, 2.24) is 0 Å². The average Bonchev–Trinajstić information content (AvgIpc) is 1.83. The van der Waals surface area contributed by atoms with Gasteiger partial charge in [-0.2, -0.15) is 0 Å². The second-order valence-corrected chi connectivity index (χ2v) is 2.15. The molecular weight excluding hydrogens is 177 g/mol. The summed E-state index contributed by atoms with van der Waals surface area (Å²) in [5, 5.41) is 8.11. The first-order valence-corrected chi connectivity index (χ1v) is 3.34. The quantitative estimate of drug-likeness (QED) is 0.665. The Kier molecular flexibility index (Phi) is 4.65. The Morgan fingerprint density at radius 1 is 1.33 bits per heavy atom. The van der Waals surface area contributed by atoms with Crippen LogP contribution in [0.2, 0.25) is 0 Å². The van der Waals surface area contributed by atoms with Crippen LogP contribution in [0.1, 0.15) is 19.3 Å². The van der Waals surface area contributed by atoms with Crippen LogP contribution in [0.3, 0.4) is 0 Å². The zero-order chi connectivity index (χ0) is 9.61. The number of hydrogen-bond donors (Lipinski definition) is 1. The summed E-state index contributed by atoms with van der Waals surface area (Å²) in [6.07, 6.45) is -4.43. The van der Waals surface area contributed by atoms with Crippen LogP contribution in [0, 0.1) is 0 Å². The van der Waals surface area contributed by atoms with E-state index < -0.39 is 18.9 Å². The molecule has 0 aliphatic carbocycles. The van der Waals surface area contributed by atoms with Crippen molar-refractivity contribution in [2.75, 3.05) is 6.61 Å². The fraction of sp³-hybridized carbons (Fsp3) is 0.833. The number of carboxylic acid groups (broad SMARTS) is 1. The van der Waals surface area contributed by atoms with E-state index in [1.807, 2.05) is 0 Å². The molecule has 6 heteroatoms. The van der Waals surface area contributed by atoms with Crippen molar-refractivity contribution in [3.8, 4) is 0 Å². The lowest BCUT2D eigenvalue weighted by Gasteiger charge is -2.05. The summed E-state index contributed by atoms with van der Waals surface area (Å²) in [5.74, 6) is -1.01. The van der Waals surface area contributed by atoms with E-state index >= 15 is 0 Å². The van der Waals surface area contributed by atoms with Crippen molar-refractivity contribution >= 4 is 5.97 Å². The van der Waals surface area contributed by atoms with Crippen LogP contribution in [0.25, 0.3) is 0 Å². The minimum Gasteiger partial charge on any atom is -0.481 e. The molecule has 1 N–H and O–H groups in total. The lowest BCUT2D eigenvalue weighted by atomic mass is 10.2. The van der Waals surface area contributed by atoms with Crippen molar-refractivity contribution < 1.29 is 27.8 Å². The SMILES string of the molecule is O=C(O)CCCCOC(F)(F)F. The number of carboxylic acids is 1. The molecule has 0 aliphatic rings. The fourth-order valence-corrected chi connectivity index (χ4v) is 0.566. The lowest BCUT2D eigenvalue weighted by Crippen LogP contribution is -2.14. The summed E-state index contributed by atoms with van der Waals surface area (Å²) in [5.41, 5.74) is 0. The largest absolute Gasteiger partial charge is 0.522 e. The second-order valence-electron chi connectivity index (χ2n) is 2.15. The van der Waals surface area contributed by atoms with Crippen molar-refractivity contribution in [3.05, 3.63) is 0 Å². The van der Waals surface area contributed by atoms with Crippen LogP contribution in [0.15, 0.2) is 0 Å². The molecule has 0 aliphatic heterocycles.